The maximum atomic E-state index is 12.1. The monoisotopic (exact) mass is 345 g/mol. The number of aryl methyl sites for hydroxylation is 1. The van der Waals surface area contributed by atoms with Crippen molar-refractivity contribution in [3.63, 3.8) is 0 Å². The van der Waals surface area contributed by atoms with Crippen LogP contribution in [0.5, 0.6) is 5.75 Å². The van der Waals surface area contributed by atoms with E-state index in [1.54, 1.807) is 0 Å². The van der Waals surface area contributed by atoms with Crippen LogP contribution in [0.25, 0.3) is 0 Å². The van der Waals surface area contributed by atoms with Gasteiger partial charge in [0, 0.05) is 19.0 Å². The Kier molecular flexibility index (Phi) is 5.27. The standard InChI is InChI=1S/C19H27N3O3/c1-14-7-3-4-9-16(14)25-12-6-11-22-10-5-8-15(13-22)19(2)17(23)20-18(24)21-19/h3-4,7,9,15H,5-6,8,10-13H2,1-2H3,(H2,20,21,23,24)/t15-,19-/m1/s1. The highest BCUT2D eigenvalue weighted by Crippen LogP contribution is 2.29. The summed E-state index contributed by atoms with van der Waals surface area (Å²) in [5.74, 6) is 0.883. The van der Waals surface area contributed by atoms with Crippen LogP contribution >= 0.6 is 0 Å². The topological polar surface area (TPSA) is 70.7 Å². The second kappa shape index (κ2) is 7.44. The predicted octanol–water partition coefficient (Wildman–Crippen LogP) is 2.07. The Bertz CT molecular complexity index is 649. The van der Waals surface area contributed by atoms with Gasteiger partial charge in [0.15, 0.2) is 0 Å². The van der Waals surface area contributed by atoms with Crippen LogP contribution in [0.1, 0.15) is 31.7 Å². The highest BCUT2D eigenvalue weighted by atomic mass is 16.5. The first-order chi connectivity index (χ1) is 12.0. The first-order valence-corrected chi connectivity index (χ1v) is 9.03. The highest BCUT2D eigenvalue weighted by molar-refractivity contribution is 6.06. The Balaban J connectivity index is 1.47. The zero-order valence-corrected chi connectivity index (χ0v) is 15.0. The van der Waals surface area contributed by atoms with Crippen LogP contribution < -0.4 is 15.4 Å². The zero-order valence-electron chi connectivity index (χ0n) is 15.0. The quantitative estimate of drug-likeness (QED) is 0.612. The van der Waals surface area contributed by atoms with Crippen molar-refractivity contribution in [2.24, 2.45) is 5.92 Å². The van der Waals surface area contributed by atoms with Gasteiger partial charge in [-0.05, 0) is 51.3 Å². The molecule has 6 nitrogen and oxygen atoms in total. The number of rotatable bonds is 6. The van der Waals surface area contributed by atoms with Crippen LogP contribution in [0, 0.1) is 12.8 Å². The third kappa shape index (κ3) is 3.95. The molecule has 6 heteroatoms. The predicted molar refractivity (Wildman–Crippen MR) is 95.5 cm³/mol. The zero-order chi connectivity index (χ0) is 17.9. The fourth-order valence-electron chi connectivity index (χ4n) is 3.76. The molecule has 136 valence electrons. The maximum absolute atomic E-state index is 12.1. The summed E-state index contributed by atoms with van der Waals surface area (Å²) in [6.07, 6.45) is 2.94. The first-order valence-electron chi connectivity index (χ1n) is 9.03. The molecule has 0 saturated carbocycles. The number of urea groups is 1. The number of likely N-dealkylation sites (tertiary alicyclic amines) is 1. The Labute approximate surface area is 148 Å². The van der Waals surface area contributed by atoms with Gasteiger partial charge in [-0.15, -0.1) is 0 Å². The number of amides is 3. The molecule has 0 spiro atoms. The Morgan fingerprint density at radius 3 is 2.84 bits per heavy atom. The Morgan fingerprint density at radius 2 is 2.12 bits per heavy atom. The molecule has 0 bridgehead atoms. The molecule has 3 amide bonds. The lowest BCUT2D eigenvalue weighted by Gasteiger charge is -2.39. The summed E-state index contributed by atoms with van der Waals surface area (Å²) in [5.41, 5.74) is 0.365. The minimum Gasteiger partial charge on any atom is -0.493 e. The van der Waals surface area contributed by atoms with Crippen molar-refractivity contribution in [2.45, 2.75) is 38.6 Å². The molecule has 0 unspecified atom stereocenters. The SMILES string of the molecule is Cc1ccccc1OCCCN1CCC[C@@H]([C@@]2(C)NC(=O)NC2=O)C1. The number of nitrogens with one attached hydrogen (secondary N) is 2. The van der Waals surface area contributed by atoms with E-state index in [0.29, 0.717) is 6.61 Å². The molecule has 2 aliphatic rings. The number of para-hydroxylation sites is 1. The first kappa shape index (κ1) is 17.7. The number of ether oxygens (including phenoxy) is 1. The second-order valence-corrected chi connectivity index (χ2v) is 7.22. The van der Waals surface area contributed by atoms with Crippen LogP contribution in [0.3, 0.4) is 0 Å². The number of hydrogen-bond acceptors (Lipinski definition) is 4. The van der Waals surface area contributed by atoms with Crippen LogP contribution in [0.15, 0.2) is 24.3 Å². The highest BCUT2D eigenvalue weighted by Gasteiger charge is 2.48. The van der Waals surface area contributed by atoms with Gasteiger partial charge in [0.1, 0.15) is 11.3 Å². The van der Waals surface area contributed by atoms with Crippen LogP contribution in [-0.2, 0) is 4.79 Å². The number of hydrogen-bond donors (Lipinski definition) is 2. The summed E-state index contributed by atoms with van der Waals surface area (Å²) in [7, 11) is 0. The number of carbonyl (C=O) groups excluding carboxylic acids is 2. The van der Waals surface area contributed by atoms with Gasteiger partial charge in [-0.25, -0.2) is 4.79 Å². The van der Waals surface area contributed by atoms with Gasteiger partial charge in [-0.3, -0.25) is 10.1 Å². The van der Waals surface area contributed by atoms with E-state index in [4.69, 9.17) is 4.74 Å². The molecule has 1 aromatic carbocycles. The summed E-state index contributed by atoms with van der Waals surface area (Å²) in [6, 6.07) is 7.66. The molecule has 1 aromatic rings. The molecule has 2 aliphatic heterocycles. The molecule has 2 atom stereocenters. The average Bonchev–Trinajstić information content (AvgIpc) is 2.87. The Morgan fingerprint density at radius 1 is 1.32 bits per heavy atom. The average molecular weight is 345 g/mol. The summed E-state index contributed by atoms with van der Waals surface area (Å²) in [6.45, 7) is 7.37. The molecule has 2 saturated heterocycles. The molecule has 0 radical (unpaired) electrons. The smallest absolute Gasteiger partial charge is 0.322 e. The third-order valence-corrected chi connectivity index (χ3v) is 5.36. The number of benzene rings is 1. The minimum absolute atomic E-state index is 0.144. The van der Waals surface area contributed by atoms with E-state index in [1.165, 1.54) is 0 Å². The van der Waals surface area contributed by atoms with Gasteiger partial charge in [0.05, 0.1) is 6.61 Å². The molecule has 0 aliphatic carbocycles. The normalized spacial score (nSPS) is 27.0. The van der Waals surface area contributed by atoms with Gasteiger partial charge in [0.25, 0.3) is 5.91 Å². The summed E-state index contributed by atoms with van der Waals surface area (Å²) in [5, 5.41) is 5.18. The van der Waals surface area contributed by atoms with Crippen molar-refractivity contribution in [1.82, 2.24) is 15.5 Å². The van der Waals surface area contributed by atoms with Gasteiger partial charge in [-0.1, -0.05) is 18.2 Å². The van der Waals surface area contributed by atoms with Gasteiger partial charge in [-0.2, -0.15) is 0 Å². The van der Waals surface area contributed by atoms with Crippen LogP contribution in [-0.4, -0.2) is 48.6 Å². The number of imide groups is 1. The summed E-state index contributed by atoms with van der Waals surface area (Å²) < 4.78 is 5.86. The van der Waals surface area contributed by atoms with Crippen LogP contribution in [0.2, 0.25) is 0 Å². The van der Waals surface area contributed by atoms with E-state index in [1.807, 2.05) is 38.1 Å². The lowest BCUT2D eigenvalue weighted by molar-refractivity contribution is -0.126. The fourth-order valence-corrected chi connectivity index (χ4v) is 3.76. The molecule has 2 heterocycles. The molecular formula is C19H27N3O3. The fraction of sp³-hybridized carbons (Fsp3) is 0.579. The molecule has 25 heavy (non-hydrogen) atoms. The molecule has 0 aromatic heterocycles. The van der Waals surface area contributed by atoms with Gasteiger partial charge in [0.2, 0.25) is 0 Å². The third-order valence-electron chi connectivity index (χ3n) is 5.36. The van der Waals surface area contributed by atoms with Gasteiger partial charge < -0.3 is 15.0 Å². The summed E-state index contributed by atoms with van der Waals surface area (Å²) in [4.78, 5) is 26.0. The molecule has 2 N–H and O–H groups in total. The maximum Gasteiger partial charge on any atom is 0.322 e. The molecule has 2 fully saturated rings. The number of carbonyl (C=O) groups is 2. The van der Waals surface area contributed by atoms with Crippen molar-refractivity contribution in [2.75, 3.05) is 26.2 Å². The van der Waals surface area contributed by atoms with Crippen molar-refractivity contribution in [3.8, 4) is 5.75 Å². The van der Waals surface area contributed by atoms with E-state index in [2.05, 4.69) is 15.5 Å². The van der Waals surface area contributed by atoms with E-state index in [9.17, 15) is 9.59 Å². The van der Waals surface area contributed by atoms with Gasteiger partial charge >= 0.3 is 6.03 Å². The molecule has 3 rings (SSSR count). The van der Waals surface area contributed by atoms with E-state index >= 15 is 0 Å². The molecular weight excluding hydrogens is 318 g/mol. The minimum atomic E-state index is -0.784. The number of piperidine rings is 1. The summed E-state index contributed by atoms with van der Waals surface area (Å²) >= 11 is 0. The second-order valence-electron chi connectivity index (χ2n) is 7.22. The number of nitrogens with zero attached hydrogens (tertiary/aromatic N) is 1. The lowest BCUT2D eigenvalue weighted by atomic mass is 9.80. The van der Waals surface area contributed by atoms with E-state index in [-0.39, 0.29) is 17.9 Å². The van der Waals surface area contributed by atoms with Crippen molar-refractivity contribution in [3.05, 3.63) is 29.8 Å². The van der Waals surface area contributed by atoms with Crippen molar-refractivity contribution >= 4 is 11.9 Å². The lowest BCUT2D eigenvalue weighted by Crippen LogP contribution is -2.55. The largest absolute Gasteiger partial charge is 0.493 e. The van der Waals surface area contributed by atoms with E-state index in [0.717, 1.165) is 50.2 Å². The van der Waals surface area contributed by atoms with Crippen molar-refractivity contribution in [1.29, 1.82) is 0 Å². The van der Waals surface area contributed by atoms with E-state index < -0.39 is 5.54 Å². The Hall–Kier alpha value is -2.08. The van der Waals surface area contributed by atoms with Crippen molar-refractivity contribution < 1.29 is 14.3 Å². The van der Waals surface area contributed by atoms with Crippen LogP contribution in [0.4, 0.5) is 4.79 Å².